The number of rotatable bonds is 6. The van der Waals surface area contributed by atoms with E-state index in [0.29, 0.717) is 6.54 Å². The number of anilines is 1. The first kappa shape index (κ1) is 16.4. The molecule has 0 bridgehead atoms. The number of allylic oxidation sites excluding steroid dienone is 1. The number of aliphatic imine (C=N–C) groups is 1. The molecule has 0 amide bonds. The number of aromatic nitrogens is 1. The number of nitrogens with zero attached hydrogens (tertiary/aromatic N) is 3. The molecule has 2 rings (SSSR count). The van der Waals surface area contributed by atoms with Crippen LogP contribution in [-0.4, -0.2) is 24.8 Å². The van der Waals surface area contributed by atoms with Gasteiger partial charge in [0.2, 0.25) is 0 Å². The molecule has 0 aliphatic carbocycles. The molecule has 1 aliphatic heterocycles. The van der Waals surface area contributed by atoms with Gasteiger partial charge < -0.3 is 10.6 Å². The van der Waals surface area contributed by atoms with Crippen molar-refractivity contribution in [2.75, 3.05) is 18.0 Å². The molecule has 4 nitrogen and oxygen atoms in total. The minimum atomic E-state index is 0.565. The molecule has 2 heterocycles. The Bertz CT molecular complexity index is 614. The van der Waals surface area contributed by atoms with Crippen LogP contribution in [0.25, 0.3) is 6.08 Å². The molecule has 0 saturated carbocycles. The van der Waals surface area contributed by atoms with Crippen molar-refractivity contribution >= 4 is 18.5 Å². The van der Waals surface area contributed by atoms with Gasteiger partial charge >= 0.3 is 0 Å². The minimum absolute atomic E-state index is 0.565. The normalized spacial score (nSPS) is 14.6. The van der Waals surface area contributed by atoms with E-state index in [0.717, 1.165) is 42.9 Å². The number of nitrogens with two attached hydrogens (primary N) is 1. The Morgan fingerprint density at radius 2 is 2.32 bits per heavy atom. The van der Waals surface area contributed by atoms with Crippen molar-refractivity contribution in [3.63, 3.8) is 0 Å². The number of hydrogen-bond donors (Lipinski definition) is 1. The molecular weight excluding hydrogens is 272 g/mol. The van der Waals surface area contributed by atoms with Crippen LogP contribution in [0, 0.1) is 6.92 Å². The third kappa shape index (κ3) is 3.63. The zero-order chi connectivity index (χ0) is 16.1. The van der Waals surface area contributed by atoms with Crippen LogP contribution in [-0.2, 0) is 6.42 Å². The fourth-order valence-electron chi connectivity index (χ4n) is 2.78. The lowest BCUT2D eigenvalue weighted by Crippen LogP contribution is -2.28. The second kappa shape index (κ2) is 7.36. The first-order chi connectivity index (χ1) is 10.6. The van der Waals surface area contributed by atoms with E-state index in [4.69, 9.17) is 10.7 Å². The van der Waals surface area contributed by atoms with Crippen molar-refractivity contribution in [1.82, 2.24) is 4.98 Å². The summed E-state index contributed by atoms with van der Waals surface area (Å²) < 4.78 is 0. The Hall–Kier alpha value is -1.94. The largest absolute Gasteiger partial charge is 0.340 e. The summed E-state index contributed by atoms with van der Waals surface area (Å²) in [5.74, 6) is 0. The molecule has 22 heavy (non-hydrogen) atoms. The predicted molar refractivity (Wildman–Crippen MR) is 95.3 cm³/mol. The topological polar surface area (TPSA) is 54.5 Å². The SMILES string of the molecule is C=N/C(C)=C\N1CC(CN)=Cc2cc(C)nc(CCCC)c21. The summed E-state index contributed by atoms with van der Waals surface area (Å²) in [4.78, 5) is 11.0. The smallest absolute Gasteiger partial charge is 0.0702 e. The lowest BCUT2D eigenvalue weighted by Gasteiger charge is -2.30. The van der Waals surface area contributed by atoms with E-state index in [9.17, 15) is 0 Å². The fourth-order valence-corrected chi connectivity index (χ4v) is 2.78. The number of pyridine rings is 1. The van der Waals surface area contributed by atoms with E-state index in [2.05, 4.69) is 42.6 Å². The van der Waals surface area contributed by atoms with Gasteiger partial charge in [0.1, 0.15) is 0 Å². The van der Waals surface area contributed by atoms with Crippen molar-refractivity contribution in [1.29, 1.82) is 0 Å². The zero-order valence-corrected chi connectivity index (χ0v) is 13.9. The lowest BCUT2D eigenvalue weighted by molar-refractivity contribution is 0.768. The second-order valence-electron chi connectivity index (χ2n) is 5.81. The summed E-state index contributed by atoms with van der Waals surface area (Å²) in [5, 5.41) is 0. The van der Waals surface area contributed by atoms with Gasteiger partial charge in [-0.1, -0.05) is 19.4 Å². The molecule has 118 valence electrons. The van der Waals surface area contributed by atoms with Crippen LogP contribution in [0.5, 0.6) is 0 Å². The van der Waals surface area contributed by atoms with Gasteiger partial charge in [-0.15, -0.1) is 0 Å². The zero-order valence-electron chi connectivity index (χ0n) is 13.9. The highest BCUT2D eigenvalue weighted by atomic mass is 15.1. The second-order valence-corrected chi connectivity index (χ2v) is 5.81. The minimum Gasteiger partial charge on any atom is -0.340 e. The van der Waals surface area contributed by atoms with Gasteiger partial charge in [-0.2, -0.15) is 0 Å². The van der Waals surface area contributed by atoms with Crippen molar-refractivity contribution in [3.8, 4) is 0 Å². The van der Waals surface area contributed by atoms with Gasteiger partial charge in [-0.3, -0.25) is 9.98 Å². The fraction of sp³-hybridized carbons (Fsp3) is 0.444. The number of unbranched alkanes of at least 4 members (excludes halogenated alkanes) is 1. The van der Waals surface area contributed by atoms with E-state index in [-0.39, 0.29) is 0 Å². The average molecular weight is 298 g/mol. The number of hydrogen-bond acceptors (Lipinski definition) is 4. The van der Waals surface area contributed by atoms with Crippen molar-refractivity contribution in [2.45, 2.75) is 40.0 Å². The molecule has 0 unspecified atom stereocenters. The maximum Gasteiger partial charge on any atom is 0.0702 e. The molecule has 1 aliphatic rings. The highest BCUT2D eigenvalue weighted by molar-refractivity contribution is 5.76. The number of fused-ring (bicyclic) bond motifs is 1. The molecule has 0 atom stereocenters. The maximum absolute atomic E-state index is 5.88. The third-order valence-corrected chi connectivity index (χ3v) is 3.86. The average Bonchev–Trinajstić information content (AvgIpc) is 2.51. The number of aryl methyl sites for hydroxylation is 2. The summed E-state index contributed by atoms with van der Waals surface area (Å²) in [6.07, 6.45) is 7.56. The molecule has 0 fully saturated rings. The van der Waals surface area contributed by atoms with Crippen LogP contribution in [0.1, 0.15) is 43.6 Å². The molecule has 0 radical (unpaired) electrons. The van der Waals surface area contributed by atoms with Gasteiger partial charge in [0.15, 0.2) is 0 Å². The summed E-state index contributed by atoms with van der Waals surface area (Å²) in [7, 11) is 0. The van der Waals surface area contributed by atoms with Gasteiger partial charge in [0.05, 0.1) is 17.1 Å². The van der Waals surface area contributed by atoms with Gasteiger partial charge in [-0.25, -0.2) is 0 Å². The molecule has 4 heteroatoms. The van der Waals surface area contributed by atoms with Crippen molar-refractivity contribution in [3.05, 3.63) is 40.5 Å². The monoisotopic (exact) mass is 298 g/mol. The first-order valence-corrected chi connectivity index (χ1v) is 7.90. The van der Waals surface area contributed by atoms with Crippen LogP contribution in [0.3, 0.4) is 0 Å². The van der Waals surface area contributed by atoms with Crippen LogP contribution < -0.4 is 10.6 Å². The van der Waals surface area contributed by atoms with Crippen LogP contribution in [0.15, 0.2) is 28.5 Å². The van der Waals surface area contributed by atoms with Crippen molar-refractivity contribution < 1.29 is 0 Å². The van der Waals surface area contributed by atoms with Gasteiger partial charge in [0, 0.05) is 30.5 Å². The van der Waals surface area contributed by atoms with E-state index < -0.39 is 0 Å². The third-order valence-electron chi connectivity index (χ3n) is 3.86. The Balaban J connectivity index is 2.55. The van der Waals surface area contributed by atoms with E-state index in [1.165, 1.54) is 16.8 Å². The Labute approximate surface area is 133 Å². The summed E-state index contributed by atoms with van der Waals surface area (Å²) in [5.41, 5.74) is 12.6. The summed E-state index contributed by atoms with van der Waals surface area (Å²) in [6, 6.07) is 2.14. The van der Waals surface area contributed by atoms with E-state index >= 15 is 0 Å². The summed E-state index contributed by atoms with van der Waals surface area (Å²) >= 11 is 0. The summed E-state index contributed by atoms with van der Waals surface area (Å²) in [6.45, 7) is 11.2. The Kier molecular flexibility index (Phi) is 5.50. The highest BCUT2D eigenvalue weighted by Crippen LogP contribution is 2.33. The maximum atomic E-state index is 5.88. The molecule has 0 saturated heterocycles. The lowest BCUT2D eigenvalue weighted by atomic mass is 9.99. The van der Waals surface area contributed by atoms with Crippen LogP contribution in [0.2, 0.25) is 0 Å². The highest BCUT2D eigenvalue weighted by Gasteiger charge is 2.21. The molecule has 1 aromatic rings. The van der Waals surface area contributed by atoms with Crippen LogP contribution >= 0.6 is 0 Å². The van der Waals surface area contributed by atoms with Gasteiger partial charge in [-0.05, 0) is 45.0 Å². The predicted octanol–water partition coefficient (Wildman–Crippen LogP) is 3.46. The molecule has 0 aromatic carbocycles. The molecule has 1 aromatic heterocycles. The van der Waals surface area contributed by atoms with Crippen molar-refractivity contribution in [2.24, 2.45) is 10.7 Å². The first-order valence-electron chi connectivity index (χ1n) is 7.90. The quantitative estimate of drug-likeness (QED) is 0.818. The van der Waals surface area contributed by atoms with E-state index in [1.54, 1.807) is 0 Å². The Morgan fingerprint density at radius 3 is 2.95 bits per heavy atom. The van der Waals surface area contributed by atoms with E-state index in [1.807, 2.05) is 13.1 Å². The van der Waals surface area contributed by atoms with Crippen LogP contribution in [0.4, 0.5) is 5.69 Å². The molecule has 0 spiro atoms. The molecular formula is C18H26N4. The Morgan fingerprint density at radius 1 is 1.55 bits per heavy atom. The van der Waals surface area contributed by atoms with Gasteiger partial charge in [0.25, 0.3) is 0 Å². The standard InChI is InChI=1S/C18H26N4/c1-5-6-7-17-18-16(8-13(2)21-17)9-15(10-19)12-22(18)11-14(3)20-4/h8-9,11H,4-7,10,12,19H2,1-3H3/b14-11-. The molecule has 2 N–H and O–H groups in total.